The van der Waals surface area contributed by atoms with Crippen LogP contribution >= 0.6 is 11.3 Å². The van der Waals surface area contributed by atoms with Gasteiger partial charge in [-0.1, -0.05) is 36.4 Å². The summed E-state index contributed by atoms with van der Waals surface area (Å²) in [5, 5.41) is 4.84. The lowest BCUT2D eigenvalue weighted by Crippen LogP contribution is -2.27. The molecule has 0 aliphatic carbocycles. The van der Waals surface area contributed by atoms with Crippen LogP contribution in [0.25, 0.3) is 10.2 Å². The van der Waals surface area contributed by atoms with E-state index in [1.54, 1.807) is 60.8 Å². The van der Waals surface area contributed by atoms with Gasteiger partial charge in [-0.2, -0.15) is 0 Å². The Morgan fingerprint density at radius 1 is 1.05 bits per heavy atom. The van der Waals surface area contributed by atoms with Crippen molar-refractivity contribution in [3.05, 3.63) is 97.9 Å². The highest BCUT2D eigenvalue weighted by atomic mass is 32.2. The molecule has 39 heavy (non-hydrogen) atoms. The number of benzene rings is 2. The molecule has 2 N–H and O–H groups in total. The van der Waals surface area contributed by atoms with E-state index in [1.807, 2.05) is 0 Å². The minimum atomic E-state index is -3.18. The van der Waals surface area contributed by atoms with Crippen molar-refractivity contribution in [2.75, 3.05) is 12.9 Å². The van der Waals surface area contributed by atoms with Crippen molar-refractivity contribution in [2.45, 2.75) is 32.4 Å². The van der Waals surface area contributed by atoms with E-state index in [0.29, 0.717) is 33.5 Å². The smallest absolute Gasteiger partial charge is 0.338 e. The molecule has 12 heteroatoms. The zero-order chi connectivity index (χ0) is 28.0. The first kappa shape index (κ1) is 28.1. The number of ether oxygens (including phenoxy) is 2. The fourth-order valence-corrected chi connectivity index (χ4v) is 5.56. The molecule has 0 saturated heterocycles. The van der Waals surface area contributed by atoms with Crippen molar-refractivity contribution in [1.82, 2.24) is 15.3 Å². The predicted molar refractivity (Wildman–Crippen MR) is 147 cm³/mol. The summed E-state index contributed by atoms with van der Waals surface area (Å²) in [7, 11) is -3.18. The van der Waals surface area contributed by atoms with Crippen molar-refractivity contribution < 1.29 is 27.5 Å². The van der Waals surface area contributed by atoms with Crippen LogP contribution in [-0.4, -0.2) is 43.1 Å². The number of thiophene rings is 1. The van der Waals surface area contributed by atoms with Gasteiger partial charge in [-0.15, -0.1) is 11.3 Å². The zero-order valence-corrected chi connectivity index (χ0v) is 23.0. The molecule has 2 heterocycles. The number of aromatic nitrogens is 2. The van der Waals surface area contributed by atoms with Gasteiger partial charge in [0.1, 0.15) is 4.83 Å². The Kier molecular flexibility index (Phi) is 8.90. The summed E-state index contributed by atoms with van der Waals surface area (Å²) in [6.07, 6.45) is 1.16. The van der Waals surface area contributed by atoms with Crippen LogP contribution in [0, 0.1) is 0 Å². The van der Waals surface area contributed by atoms with Crippen LogP contribution in [0.5, 0.6) is 0 Å². The number of amides is 1. The number of nitrogens with one attached hydrogen (secondary N) is 2. The van der Waals surface area contributed by atoms with Gasteiger partial charge in [0.15, 0.2) is 9.84 Å². The Bertz CT molecular complexity index is 1660. The van der Waals surface area contributed by atoms with Crippen molar-refractivity contribution in [3.8, 4) is 0 Å². The third kappa shape index (κ3) is 7.59. The average Bonchev–Trinajstić information content (AvgIpc) is 3.30. The summed E-state index contributed by atoms with van der Waals surface area (Å²) in [4.78, 5) is 44.5. The van der Waals surface area contributed by atoms with E-state index in [2.05, 4.69) is 15.3 Å². The van der Waals surface area contributed by atoms with Gasteiger partial charge in [0.25, 0.3) is 11.5 Å². The van der Waals surface area contributed by atoms with Gasteiger partial charge < -0.3 is 19.8 Å². The summed E-state index contributed by atoms with van der Waals surface area (Å²) in [6.45, 7) is 2.64. The molecule has 0 fully saturated rings. The largest absolute Gasteiger partial charge is 0.462 e. The predicted octanol–water partition coefficient (Wildman–Crippen LogP) is 3.35. The second-order valence-corrected chi connectivity index (χ2v) is 11.8. The number of sulfone groups is 1. The fourth-order valence-electron chi connectivity index (χ4n) is 3.85. The molecule has 0 spiro atoms. The number of nitrogens with zero attached hydrogens (tertiary/aromatic N) is 1. The van der Waals surface area contributed by atoms with Crippen molar-refractivity contribution in [3.63, 3.8) is 0 Å². The molecule has 2 aromatic carbocycles. The Labute approximate surface area is 228 Å². The van der Waals surface area contributed by atoms with Crippen molar-refractivity contribution >= 4 is 43.3 Å². The van der Waals surface area contributed by atoms with E-state index in [1.165, 1.54) is 11.3 Å². The molecule has 4 rings (SSSR count). The summed E-state index contributed by atoms with van der Waals surface area (Å²) in [5.74, 6) is -1.14. The maximum absolute atomic E-state index is 12.8. The molecule has 0 radical (unpaired) electrons. The fraction of sp³-hybridized carbons (Fsp3) is 0.259. The first-order valence-electron chi connectivity index (χ1n) is 12.0. The molecule has 204 valence electrons. The molecule has 4 aromatic rings. The highest BCUT2D eigenvalue weighted by Crippen LogP contribution is 2.22. The number of hydrogen-bond donors (Lipinski definition) is 2. The Morgan fingerprint density at radius 3 is 2.51 bits per heavy atom. The summed E-state index contributed by atoms with van der Waals surface area (Å²) >= 11 is 1.24. The molecule has 1 amide bonds. The average molecular weight is 570 g/mol. The van der Waals surface area contributed by atoms with E-state index < -0.39 is 21.3 Å². The molecule has 0 unspecified atom stereocenters. The highest BCUT2D eigenvalue weighted by Gasteiger charge is 2.16. The van der Waals surface area contributed by atoms with Gasteiger partial charge in [-0.05, 0) is 41.1 Å². The molecular formula is C27H27N3O7S2. The number of fused-ring (bicyclic) bond motifs is 1. The number of H-pyrrole nitrogens is 1. The van der Waals surface area contributed by atoms with Gasteiger partial charge in [0.05, 0.1) is 36.5 Å². The van der Waals surface area contributed by atoms with Gasteiger partial charge in [-0.25, -0.2) is 18.2 Å². The molecule has 0 bridgehead atoms. The van der Waals surface area contributed by atoms with E-state index in [-0.39, 0.29) is 37.3 Å². The summed E-state index contributed by atoms with van der Waals surface area (Å²) in [5.41, 5.74) is 2.87. The van der Waals surface area contributed by atoms with Crippen LogP contribution in [0.4, 0.5) is 0 Å². The van der Waals surface area contributed by atoms with Crippen LogP contribution in [0.1, 0.15) is 50.2 Å². The number of esters is 1. The standard InChI is InChI=1S/C27H27N3O7S2/c1-3-37-27(33)20-9-7-17(8-10-20)13-36-14-21-15-38-26-22(21)24(31)29-23(30-26)25(32)28-12-18-5-4-6-19(11-18)16-39(2,34)35/h4-11,15H,3,12-14,16H2,1-2H3,(H,28,32)(H,29,30,31). The monoisotopic (exact) mass is 569 g/mol. The van der Waals surface area contributed by atoms with Crippen molar-refractivity contribution in [2.24, 2.45) is 0 Å². The van der Waals surface area contributed by atoms with Crippen LogP contribution in [0.3, 0.4) is 0 Å². The minimum absolute atomic E-state index is 0.0908. The summed E-state index contributed by atoms with van der Waals surface area (Å²) in [6, 6.07) is 13.8. The third-order valence-corrected chi connectivity index (χ3v) is 7.38. The molecule has 0 aliphatic rings. The Morgan fingerprint density at radius 2 is 1.79 bits per heavy atom. The van der Waals surface area contributed by atoms with Gasteiger partial charge in [-0.3, -0.25) is 9.59 Å². The second-order valence-electron chi connectivity index (χ2n) is 8.84. The van der Waals surface area contributed by atoms with E-state index in [4.69, 9.17) is 9.47 Å². The Hall–Kier alpha value is -3.87. The molecule has 0 atom stereocenters. The first-order valence-corrected chi connectivity index (χ1v) is 14.9. The summed E-state index contributed by atoms with van der Waals surface area (Å²) < 4.78 is 33.8. The normalized spacial score (nSPS) is 11.4. The maximum Gasteiger partial charge on any atom is 0.338 e. The molecule has 2 aromatic heterocycles. The van der Waals surface area contributed by atoms with Crippen LogP contribution in [-0.2, 0) is 44.8 Å². The second kappa shape index (κ2) is 12.3. The Balaban J connectivity index is 1.37. The number of hydrogen-bond acceptors (Lipinski definition) is 9. The lowest BCUT2D eigenvalue weighted by molar-refractivity contribution is 0.0526. The highest BCUT2D eigenvalue weighted by molar-refractivity contribution is 7.89. The van der Waals surface area contributed by atoms with Crippen LogP contribution < -0.4 is 10.9 Å². The number of rotatable bonds is 11. The number of aromatic amines is 1. The van der Waals surface area contributed by atoms with Crippen molar-refractivity contribution in [1.29, 1.82) is 0 Å². The first-order chi connectivity index (χ1) is 18.6. The van der Waals surface area contributed by atoms with Gasteiger partial charge in [0, 0.05) is 18.4 Å². The minimum Gasteiger partial charge on any atom is -0.462 e. The van der Waals surface area contributed by atoms with Crippen LogP contribution in [0.15, 0.2) is 58.7 Å². The SMILES string of the molecule is CCOC(=O)c1ccc(COCc2csc3nc(C(=O)NCc4cccc(CS(C)(=O)=O)c4)[nH]c(=O)c23)cc1. The zero-order valence-electron chi connectivity index (χ0n) is 21.4. The maximum atomic E-state index is 12.8. The van der Waals surface area contributed by atoms with E-state index in [9.17, 15) is 22.8 Å². The van der Waals surface area contributed by atoms with Crippen LogP contribution in [0.2, 0.25) is 0 Å². The molecule has 0 saturated carbocycles. The van der Waals surface area contributed by atoms with Gasteiger partial charge >= 0.3 is 5.97 Å². The topological polar surface area (TPSA) is 145 Å². The van der Waals surface area contributed by atoms with E-state index in [0.717, 1.165) is 17.4 Å². The molecular weight excluding hydrogens is 542 g/mol. The van der Waals surface area contributed by atoms with E-state index >= 15 is 0 Å². The third-order valence-electron chi connectivity index (χ3n) is 5.60. The lowest BCUT2D eigenvalue weighted by atomic mass is 10.1. The van der Waals surface area contributed by atoms with Gasteiger partial charge in [0.2, 0.25) is 5.82 Å². The number of carbonyl (C=O) groups excluding carboxylic acids is 2. The quantitative estimate of drug-likeness (QED) is 0.262. The molecule has 10 nitrogen and oxygen atoms in total. The lowest BCUT2D eigenvalue weighted by Gasteiger charge is -2.07. The molecule has 0 aliphatic heterocycles. The number of carbonyl (C=O) groups is 2.